The first-order chi connectivity index (χ1) is 17.4. The number of fused-ring (bicyclic) bond motifs is 5. The van der Waals surface area contributed by atoms with E-state index >= 15 is 0 Å². The molecular weight excluding hydrogens is 480 g/mol. The van der Waals surface area contributed by atoms with Gasteiger partial charge in [-0.25, -0.2) is 4.79 Å². The molecule has 0 aromatic heterocycles. The number of rotatable bonds is 0. The van der Waals surface area contributed by atoms with Gasteiger partial charge in [0.05, 0.1) is 23.9 Å². The molecule has 0 radical (unpaired) electrons. The summed E-state index contributed by atoms with van der Waals surface area (Å²) in [5.74, 6) is -6.36. The number of esters is 2. The molecule has 6 fully saturated rings. The van der Waals surface area contributed by atoms with Crippen molar-refractivity contribution in [3.63, 3.8) is 0 Å². The molecule has 196 valence electrons. The third-order valence-corrected chi connectivity index (χ3v) is 12.0. The number of allylic oxidation sites excluding steroid dienone is 4. The van der Waals surface area contributed by atoms with Crippen LogP contribution >= 0.6 is 0 Å². The van der Waals surface area contributed by atoms with Crippen LogP contribution in [0.25, 0.3) is 0 Å². The van der Waals surface area contributed by atoms with Crippen LogP contribution in [0.4, 0.5) is 0 Å². The van der Waals surface area contributed by atoms with Gasteiger partial charge >= 0.3 is 11.9 Å². The fourth-order valence-electron chi connectivity index (χ4n) is 10.0. The molecule has 0 amide bonds. The minimum atomic E-state index is -2.17. The molecule has 8 aliphatic rings. The van der Waals surface area contributed by atoms with E-state index in [2.05, 4.69) is 0 Å². The largest absolute Gasteiger partial charge is 0.458 e. The Hall–Kier alpha value is -2.36. The summed E-state index contributed by atoms with van der Waals surface area (Å²) in [7, 11) is 0. The molecule has 8 rings (SSSR count). The van der Waals surface area contributed by atoms with Crippen LogP contribution in [-0.4, -0.2) is 63.9 Å². The molecule has 11 atom stereocenters. The first-order valence-electron chi connectivity index (χ1n) is 13.4. The van der Waals surface area contributed by atoms with E-state index in [1.54, 1.807) is 13.0 Å². The van der Waals surface area contributed by atoms with Gasteiger partial charge in [-0.1, -0.05) is 24.6 Å². The molecule has 5 heterocycles. The van der Waals surface area contributed by atoms with Gasteiger partial charge in [0.2, 0.25) is 5.79 Å². The quantitative estimate of drug-likeness (QED) is 0.382. The number of carbonyl (C=O) groups is 4. The summed E-state index contributed by atoms with van der Waals surface area (Å²) in [6, 6.07) is 0. The minimum Gasteiger partial charge on any atom is -0.458 e. The Morgan fingerprint density at radius 1 is 1.08 bits per heavy atom. The number of ketones is 2. The zero-order chi connectivity index (χ0) is 26.0. The van der Waals surface area contributed by atoms with Crippen LogP contribution < -0.4 is 0 Å². The Labute approximate surface area is 213 Å². The van der Waals surface area contributed by atoms with E-state index in [9.17, 15) is 24.3 Å². The number of aliphatic hydroxyl groups is 1. The lowest BCUT2D eigenvalue weighted by Crippen LogP contribution is -2.79. The zero-order valence-electron chi connectivity index (χ0n) is 21.1. The highest BCUT2D eigenvalue weighted by molar-refractivity contribution is 6.01. The molecule has 1 saturated carbocycles. The molecule has 5 bridgehead atoms. The van der Waals surface area contributed by atoms with E-state index < -0.39 is 75.1 Å². The monoisotopic (exact) mass is 510 g/mol. The summed E-state index contributed by atoms with van der Waals surface area (Å²) in [6.07, 6.45) is 6.24. The van der Waals surface area contributed by atoms with Crippen LogP contribution in [0, 0.1) is 34.5 Å². The Morgan fingerprint density at radius 3 is 2.65 bits per heavy atom. The van der Waals surface area contributed by atoms with Crippen LogP contribution in [0.1, 0.15) is 52.9 Å². The van der Waals surface area contributed by atoms with Crippen molar-refractivity contribution in [2.45, 2.75) is 81.6 Å². The van der Waals surface area contributed by atoms with Gasteiger partial charge in [0.15, 0.2) is 28.4 Å². The number of Topliss-reactive ketones (excluding diaryl/α,β-unsaturated/α-hetero) is 1. The second-order valence-corrected chi connectivity index (χ2v) is 13.0. The summed E-state index contributed by atoms with van der Waals surface area (Å²) >= 11 is 0. The number of carbonyl (C=O) groups excluding carboxylic acids is 4. The molecule has 5 aliphatic heterocycles. The second-order valence-electron chi connectivity index (χ2n) is 13.0. The molecule has 5 unspecified atom stereocenters. The van der Waals surface area contributed by atoms with E-state index in [0.717, 1.165) is 5.57 Å². The molecule has 9 nitrogen and oxygen atoms in total. The maximum atomic E-state index is 14.8. The fraction of sp³-hybridized carbons (Fsp3) is 0.714. The fourth-order valence-corrected chi connectivity index (χ4v) is 10.0. The van der Waals surface area contributed by atoms with Crippen LogP contribution in [0.2, 0.25) is 0 Å². The van der Waals surface area contributed by atoms with Crippen LogP contribution in [0.15, 0.2) is 23.8 Å². The maximum absolute atomic E-state index is 14.8. The van der Waals surface area contributed by atoms with Crippen molar-refractivity contribution in [1.82, 2.24) is 0 Å². The third-order valence-electron chi connectivity index (χ3n) is 12.0. The van der Waals surface area contributed by atoms with Crippen molar-refractivity contribution in [3.8, 4) is 0 Å². The molecule has 2 spiro atoms. The van der Waals surface area contributed by atoms with Gasteiger partial charge < -0.3 is 24.1 Å². The summed E-state index contributed by atoms with van der Waals surface area (Å²) in [5.41, 5.74) is -6.43. The van der Waals surface area contributed by atoms with Gasteiger partial charge in [-0.15, -0.1) is 0 Å². The van der Waals surface area contributed by atoms with Crippen molar-refractivity contribution in [2.75, 3.05) is 6.61 Å². The van der Waals surface area contributed by atoms with E-state index in [1.807, 2.05) is 26.0 Å². The van der Waals surface area contributed by atoms with Gasteiger partial charge in [-0.3, -0.25) is 14.4 Å². The lowest BCUT2D eigenvalue weighted by Gasteiger charge is -2.63. The number of ether oxygens (including phenoxy) is 4. The van der Waals surface area contributed by atoms with Gasteiger partial charge in [-0.2, -0.15) is 0 Å². The van der Waals surface area contributed by atoms with Crippen molar-refractivity contribution in [3.05, 3.63) is 23.8 Å². The molecule has 0 aromatic rings. The average molecular weight is 511 g/mol. The Bertz CT molecular complexity index is 1300. The Balaban J connectivity index is 1.43. The van der Waals surface area contributed by atoms with Crippen molar-refractivity contribution in [1.29, 1.82) is 0 Å². The lowest BCUT2D eigenvalue weighted by molar-refractivity contribution is -0.374. The minimum absolute atomic E-state index is 0.0380. The summed E-state index contributed by atoms with van der Waals surface area (Å²) in [4.78, 5) is 55.2. The molecule has 0 aromatic carbocycles. The molecule has 9 heteroatoms. The van der Waals surface area contributed by atoms with Crippen LogP contribution in [0.5, 0.6) is 0 Å². The van der Waals surface area contributed by atoms with E-state index in [-0.39, 0.29) is 24.6 Å². The molecule has 5 saturated heterocycles. The number of hydrogen-bond acceptors (Lipinski definition) is 9. The van der Waals surface area contributed by atoms with E-state index in [0.29, 0.717) is 25.7 Å². The van der Waals surface area contributed by atoms with Crippen molar-refractivity contribution >= 4 is 23.5 Å². The smallest absolute Gasteiger partial charge is 0.342 e. The summed E-state index contributed by atoms with van der Waals surface area (Å²) < 4.78 is 25.1. The zero-order valence-corrected chi connectivity index (χ0v) is 21.1. The highest BCUT2D eigenvalue weighted by atomic mass is 16.8. The highest BCUT2D eigenvalue weighted by Gasteiger charge is 2.93. The highest BCUT2D eigenvalue weighted by Crippen LogP contribution is 2.75. The molecule has 3 aliphatic carbocycles. The van der Waals surface area contributed by atoms with E-state index in [1.165, 1.54) is 0 Å². The summed E-state index contributed by atoms with van der Waals surface area (Å²) in [5, 5.41) is 12.4. The van der Waals surface area contributed by atoms with Crippen LogP contribution in [0.3, 0.4) is 0 Å². The van der Waals surface area contributed by atoms with Gasteiger partial charge in [0.1, 0.15) is 6.10 Å². The molecule has 37 heavy (non-hydrogen) atoms. The topological polar surface area (TPSA) is 125 Å². The van der Waals surface area contributed by atoms with Gasteiger partial charge in [0.25, 0.3) is 0 Å². The SMILES string of the molecule is CC12CC3OC(=O)[C@@H]1CO[C@]14O[C@@]5(C2C1=O)[C@@]3(C)OC(=O)[C@@]5(O)CCC1C4CC=C2CC=CC(=O)[C@@]21C. The predicted octanol–water partition coefficient (Wildman–Crippen LogP) is 1.56. The van der Waals surface area contributed by atoms with Gasteiger partial charge in [0, 0.05) is 5.92 Å². The molecule has 1 N–H and O–H groups in total. The summed E-state index contributed by atoms with van der Waals surface area (Å²) in [6.45, 7) is 5.29. The Morgan fingerprint density at radius 2 is 1.86 bits per heavy atom. The third kappa shape index (κ3) is 1.97. The Kier molecular flexibility index (Phi) is 3.73. The average Bonchev–Trinajstić information content (AvgIpc) is 3.16. The van der Waals surface area contributed by atoms with E-state index in [4.69, 9.17) is 18.9 Å². The van der Waals surface area contributed by atoms with Crippen molar-refractivity contribution in [2.24, 2.45) is 34.5 Å². The second kappa shape index (κ2) is 6.10. The maximum Gasteiger partial charge on any atom is 0.342 e. The molecular formula is C28H30O9. The van der Waals surface area contributed by atoms with Crippen LogP contribution in [-0.2, 0) is 38.1 Å². The predicted molar refractivity (Wildman–Crippen MR) is 122 cm³/mol. The van der Waals surface area contributed by atoms with Gasteiger partial charge in [-0.05, 0) is 63.4 Å². The lowest BCUT2D eigenvalue weighted by atomic mass is 9.46. The number of hydrogen-bond donors (Lipinski definition) is 1. The van der Waals surface area contributed by atoms with Crippen molar-refractivity contribution < 1.29 is 43.2 Å². The first kappa shape index (κ1) is 22.6. The first-order valence-corrected chi connectivity index (χ1v) is 13.4. The standard InChI is InChI=1S/C28H30O9/c1-23-11-18-25(3)28-19(23)20(30)27(37-28,34-12-16(23)21(31)35-18)15-8-7-13-5-4-6-17(29)24(13,2)14(15)9-10-26(28,33)22(32)36-25/h4,6-7,14-16,18-19,33H,5,8-12H2,1-3H3/t14?,15?,16-,18?,19?,23?,24-,25-,26-,27+,28-/m0/s1. The normalized spacial score (nSPS) is 58.5.